The Balaban J connectivity index is 1.46. The van der Waals surface area contributed by atoms with Gasteiger partial charge in [0.05, 0.1) is 15.9 Å². The van der Waals surface area contributed by atoms with E-state index in [4.69, 9.17) is 0 Å². The Morgan fingerprint density at radius 3 is 1.97 bits per heavy atom. The maximum Gasteiger partial charge on any atom is 0.223 e. The largest absolute Gasteiger partial charge is 0.309 e. The first-order chi connectivity index (χ1) is 16.6. The van der Waals surface area contributed by atoms with Crippen molar-refractivity contribution in [1.82, 2.24) is 9.55 Å². The molecule has 6 aromatic rings. The van der Waals surface area contributed by atoms with Gasteiger partial charge in [0.2, 0.25) is 9.84 Å². The van der Waals surface area contributed by atoms with Crippen LogP contribution in [-0.2, 0) is 9.84 Å². The minimum Gasteiger partial charge on any atom is -0.309 e. The summed E-state index contributed by atoms with van der Waals surface area (Å²) in [6.07, 6.45) is 1.63. The molecule has 164 valence electrons. The van der Waals surface area contributed by atoms with Crippen molar-refractivity contribution >= 4 is 31.6 Å². The van der Waals surface area contributed by atoms with E-state index in [9.17, 15) is 8.42 Å². The van der Waals surface area contributed by atoms with Gasteiger partial charge in [-0.05, 0) is 60.2 Å². The van der Waals surface area contributed by atoms with Crippen LogP contribution in [0.3, 0.4) is 0 Å². The van der Waals surface area contributed by atoms with Crippen LogP contribution >= 0.6 is 0 Å². The number of nitrogens with zero attached hydrogens (tertiary/aromatic N) is 2. The Morgan fingerprint density at radius 2 is 1.24 bits per heavy atom. The first kappa shape index (κ1) is 20.4. The van der Waals surface area contributed by atoms with Crippen LogP contribution in [0.2, 0.25) is 0 Å². The molecule has 4 nitrogen and oxygen atoms in total. The predicted molar refractivity (Wildman–Crippen MR) is 136 cm³/mol. The topological polar surface area (TPSA) is 52.0 Å². The van der Waals surface area contributed by atoms with Crippen LogP contribution in [0.15, 0.2) is 131 Å². The van der Waals surface area contributed by atoms with Gasteiger partial charge in [-0.15, -0.1) is 0 Å². The molecular weight excluding hydrogens is 440 g/mol. The van der Waals surface area contributed by atoms with Crippen LogP contribution in [-0.4, -0.2) is 18.0 Å². The van der Waals surface area contributed by atoms with Crippen molar-refractivity contribution in [3.63, 3.8) is 0 Å². The Kier molecular flexibility index (Phi) is 4.78. The van der Waals surface area contributed by atoms with E-state index in [0.29, 0.717) is 0 Å². The van der Waals surface area contributed by atoms with Crippen molar-refractivity contribution in [2.24, 2.45) is 0 Å². The average Bonchev–Trinajstić information content (AvgIpc) is 3.23. The van der Waals surface area contributed by atoms with Crippen LogP contribution in [0.1, 0.15) is 0 Å². The lowest BCUT2D eigenvalue weighted by atomic mass is 10.0. The van der Waals surface area contributed by atoms with Gasteiger partial charge >= 0.3 is 0 Å². The lowest BCUT2D eigenvalue weighted by molar-refractivity contribution is 0.592. The number of hydrogen-bond acceptors (Lipinski definition) is 3. The van der Waals surface area contributed by atoms with E-state index in [2.05, 4.69) is 64.1 Å². The molecule has 0 aliphatic carbocycles. The molecule has 0 fully saturated rings. The van der Waals surface area contributed by atoms with Crippen LogP contribution in [0.5, 0.6) is 0 Å². The molecule has 0 aliphatic heterocycles. The van der Waals surface area contributed by atoms with E-state index >= 15 is 0 Å². The first-order valence-electron chi connectivity index (χ1n) is 11.0. The summed E-state index contributed by atoms with van der Waals surface area (Å²) in [6.45, 7) is 0. The Hall–Kier alpha value is -4.22. The zero-order chi connectivity index (χ0) is 23.1. The number of pyridine rings is 1. The third-order valence-corrected chi connectivity index (χ3v) is 7.77. The van der Waals surface area contributed by atoms with Crippen molar-refractivity contribution < 1.29 is 8.42 Å². The maximum atomic E-state index is 12.9. The van der Waals surface area contributed by atoms with Crippen LogP contribution < -0.4 is 0 Å². The number of fused-ring (bicyclic) bond motifs is 3. The summed E-state index contributed by atoms with van der Waals surface area (Å²) in [5, 5.41) is 2.35. The average molecular weight is 461 g/mol. The van der Waals surface area contributed by atoms with E-state index in [1.165, 1.54) is 5.39 Å². The van der Waals surface area contributed by atoms with Crippen molar-refractivity contribution in [2.45, 2.75) is 9.92 Å². The molecule has 34 heavy (non-hydrogen) atoms. The Morgan fingerprint density at radius 1 is 0.588 bits per heavy atom. The molecule has 0 aliphatic rings. The van der Waals surface area contributed by atoms with Crippen LogP contribution in [0.25, 0.3) is 38.6 Å². The fraction of sp³-hybridized carbons (Fsp3) is 0. The second kappa shape index (κ2) is 7.97. The SMILES string of the molecule is O=S(=O)(c1ccccc1)c1ccc(-c2ccc3c(c2)c2ccccc2n3-c2ccccc2)cn1. The van der Waals surface area contributed by atoms with Crippen LogP contribution in [0.4, 0.5) is 0 Å². The van der Waals surface area contributed by atoms with Gasteiger partial charge in [0.15, 0.2) is 5.03 Å². The van der Waals surface area contributed by atoms with E-state index in [-0.39, 0.29) is 9.92 Å². The van der Waals surface area contributed by atoms with Crippen molar-refractivity contribution in [1.29, 1.82) is 0 Å². The molecule has 4 aromatic carbocycles. The van der Waals surface area contributed by atoms with Gasteiger partial charge in [-0.3, -0.25) is 0 Å². The minimum atomic E-state index is -3.64. The Labute approximate surface area is 197 Å². The molecule has 6 rings (SSSR count). The summed E-state index contributed by atoms with van der Waals surface area (Å²) in [7, 11) is -3.64. The van der Waals surface area contributed by atoms with Gasteiger partial charge < -0.3 is 4.57 Å². The highest BCUT2D eigenvalue weighted by molar-refractivity contribution is 7.91. The van der Waals surface area contributed by atoms with E-state index in [1.807, 2.05) is 24.3 Å². The number of para-hydroxylation sites is 2. The molecule has 2 heterocycles. The van der Waals surface area contributed by atoms with Gasteiger partial charge in [0.25, 0.3) is 0 Å². The monoisotopic (exact) mass is 460 g/mol. The predicted octanol–water partition coefficient (Wildman–Crippen LogP) is 6.68. The van der Waals surface area contributed by atoms with Gasteiger partial charge in [-0.2, -0.15) is 0 Å². The summed E-state index contributed by atoms with van der Waals surface area (Å²) in [4.78, 5) is 4.55. The summed E-state index contributed by atoms with van der Waals surface area (Å²) in [5.41, 5.74) is 5.22. The molecule has 2 aromatic heterocycles. The molecule has 0 N–H and O–H groups in total. The highest BCUT2D eigenvalue weighted by Crippen LogP contribution is 2.34. The highest BCUT2D eigenvalue weighted by Gasteiger charge is 2.19. The molecule has 0 amide bonds. The fourth-order valence-corrected chi connectivity index (χ4v) is 5.63. The van der Waals surface area contributed by atoms with Crippen molar-refractivity contribution in [2.75, 3.05) is 0 Å². The smallest absolute Gasteiger partial charge is 0.223 e. The number of benzene rings is 4. The standard InChI is InChI=1S/C29H20N2O2S/c32-34(33,24-11-5-2-6-12-24)29-18-16-22(20-30-29)21-15-17-28-26(19-21)25-13-7-8-14-27(25)31(28)23-9-3-1-4-10-23/h1-20H. The first-order valence-corrected chi connectivity index (χ1v) is 12.5. The second-order valence-corrected chi connectivity index (χ2v) is 10.0. The molecular formula is C29H20N2O2S. The van der Waals surface area contributed by atoms with E-state index in [1.54, 1.807) is 42.6 Å². The normalized spacial score (nSPS) is 11.8. The molecule has 0 bridgehead atoms. The van der Waals surface area contributed by atoms with Gasteiger partial charge in [-0.1, -0.05) is 60.7 Å². The van der Waals surface area contributed by atoms with Crippen LogP contribution in [0, 0.1) is 0 Å². The summed E-state index contributed by atoms with van der Waals surface area (Å²) < 4.78 is 28.0. The number of hydrogen-bond donors (Lipinski definition) is 0. The lowest BCUT2D eigenvalue weighted by Crippen LogP contribution is -2.04. The third-order valence-electron chi connectivity index (χ3n) is 6.09. The fourth-order valence-electron chi connectivity index (χ4n) is 4.44. The minimum absolute atomic E-state index is 0.0456. The van der Waals surface area contributed by atoms with Crippen molar-refractivity contribution in [3.8, 4) is 16.8 Å². The number of rotatable bonds is 4. The second-order valence-electron chi connectivity index (χ2n) is 8.12. The number of aromatic nitrogens is 2. The lowest BCUT2D eigenvalue weighted by Gasteiger charge is -2.08. The van der Waals surface area contributed by atoms with E-state index in [0.717, 1.165) is 33.2 Å². The van der Waals surface area contributed by atoms with Gasteiger partial charge in [0, 0.05) is 28.2 Å². The molecule has 0 unspecified atom stereocenters. The zero-order valence-electron chi connectivity index (χ0n) is 18.2. The van der Waals surface area contributed by atoms with Gasteiger partial charge in [0.1, 0.15) is 0 Å². The van der Waals surface area contributed by atoms with E-state index < -0.39 is 9.84 Å². The Bertz CT molecular complexity index is 1740. The maximum absolute atomic E-state index is 12.9. The summed E-state index contributed by atoms with van der Waals surface area (Å²) in [6, 6.07) is 36.8. The summed E-state index contributed by atoms with van der Waals surface area (Å²) in [5.74, 6) is 0. The zero-order valence-corrected chi connectivity index (χ0v) is 19.0. The quantitative estimate of drug-likeness (QED) is 0.295. The molecule has 0 saturated heterocycles. The molecule has 0 spiro atoms. The highest BCUT2D eigenvalue weighted by atomic mass is 32.2. The molecule has 0 radical (unpaired) electrons. The molecule has 0 saturated carbocycles. The number of sulfone groups is 1. The molecule has 0 atom stereocenters. The van der Waals surface area contributed by atoms with Gasteiger partial charge in [-0.25, -0.2) is 13.4 Å². The third kappa shape index (κ3) is 3.29. The molecule has 5 heteroatoms. The summed E-state index contributed by atoms with van der Waals surface area (Å²) >= 11 is 0. The van der Waals surface area contributed by atoms with Crippen molar-refractivity contribution in [3.05, 3.63) is 121 Å².